The fraction of sp³-hybridized carbons (Fsp3) is 0.412. The lowest BCUT2D eigenvalue weighted by atomic mass is 10.1. The van der Waals surface area contributed by atoms with Crippen molar-refractivity contribution in [2.75, 3.05) is 26.8 Å². The Bertz CT molecular complexity index is 667. The summed E-state index contributed by atoms with van der Waals surface area (Å²) in [5, 5.41) is 10.9. The third-order valence-electron chi connectivity index (χ3n) is 3.96. The van der Waals surface area contributed by atoms with Gasteiger partial charge in [-0.25, -0.2) is 9.97 Å². The summed E-state index contributed by atoms with van der Waals surface area (Å²) in [4.78, 5) is 10.6. The number of methoxy groups -OCH3 is 1. The number of ether oxygens (including phenoxy) is 2. The lowest BCUT2D eigenvalue weighted by molar-refractivity contribution is 0.0630. The Morgan fingerprint density at radius 3 is 2.83 bits per heavy atom. The number of fused-ring (bicyclic) bond motifs is 1. The maximum atomic E-state index is 10.2. The molecule has 0 saturated carbocycles. The number of halogens is 1. The first-order valence-corrected chi connectivity index (χ1v) is 8.19. The average molecular weight is 350 g/mol. The van der Waals surface area contributed by atoms with E-state index in [1.807, 2.05) is 0 Å². The predicted molar refractivity (Wildman–Crippen MR) is 90.5 cm³/mol. The first-order chi connectivity index (χ1) is 11.7. The number of aliphatic hydroxyl groups excluding tert-OH is 1. The predicted octanol–water partition coefficient (Wildman–Crippen LogP) is 1.94. The Morgan fingerprint density at radius 2 is 2.08 bits per heavy atom. The number of benzene rings is 1. The van der Waals surface area contributed by atoms with E-state index in [2.05, 4.69) is 14.9 Å². The molecule has 0 unspecified atom stereocenters. The van der Waals surface area contributed by atoms with Gasteiger partial charge in [0.05, 0.1) is 12.8 Å². The smallest absolute Gasteiger partial charge is 0.220 e. The monoisotopic (exact) mass is 349 g/mol. The molecule has 1 aliphatic heterocycles. The molecule has 0 fully saturated rings. The zero-order valence-electron chi connectivity index (χ0n) is 13.5. The second-order valence-corrected chi connectivity index (χ2v) is 6.15. The molecule has 1 N–H and O–H groups in total. The normalized spacial score (nSPS) is 15.6. The number of nitrogens with zero attached hydrogens (tertiary/aromatic N) is 3. The summed E-state index contributed by atoms with van der Waals surface area (Å²) >= 11 is 5.84. The fourth-order valence-electron chi connectivity index (χ4n) is 2.78. The van der Waals surface area contributed by atoms with Crippen LogP contribution in [-0.4, -0.2) is 52.9 Å². The summed E-state index contributed by atoms with van der Waals surface area (Å²) < 4.78 is 10.9. The highest BCUT2D eigenvalue weighted by Gasteiger charge is 2.23. The van der Waals surface area contributed by atoms with Crippen molar-refractivity contribution in [2.45, 2.75) is 19.1 Å². The number of hydrogen-bond acceptors (Lipinski definition) is 6. The molecule has 0 bridgehead atoms. The molecule has 1 atom stereocenters. The van der Waals surface area contributed by atoms with Crippen LogP contribution >= 0.6 is 11.6 Å². The lowest BCUT2D eigenvalue weighted by Gasteiger charge is -2.30. The van der Waals surface area contributed by atoms with Gasteiger partial charge in [0.25, 0.3) is 0 Å². The van der Waals surface area contributed by atoms with E-state index < -0.39 is 6.10 Å². The number of aromatic nitrogens is 2. The van der Waals surface area contributed by atoms with Crippen molar-refractivity contribution >= 4 is 11.6 Å². The molecule has 2 heterocycles. The molecule has 7 heteroatoms. The van der Waals surface area contributed by atoms with Crippen LogP contribution < -0.4 is 9.47 Å². The first kappa shape index (κ1) is 17.0. The van der Waals surface area contributed by atoms with E-state index in [9.17, 15) is 5.11 Å². The minimum Gasteiger partial charge on any atom is -0.491 e. The summed E-state index contributed by atoms with van der Waals surface area (Å²) in [5.74, 6) is 1.30. The van der Waals surface area contributed by atoms with E-state index in [1.54, 1.807) is 31.4 Å². The van der Waals surface area contributed by atoms with Gasteiger partial charge in [0.1, 0.15) is 24.8 Å². The highest BCUT2D eigenvalue weighted by Crippen LogP contribution is 2.24. The molecule has 0 aliphatic carbocycles. The van der Waals surface area contributed by atoms with E-state index in [0.717, 1.165) is 24.2 Å². The molecule has 0 radical (unpaired) electrons. The Morgan fingerprint density at radius 1 is 1.29 bits per heavy atom. The quantitative estimate of drug-likeness (QED) is 0.859. The molecular formula is C17H20ClN3O3. The van der Waals surface area contributed by atoms with Crippen LogP contribution in [0.4, 0.5) is 0 Å². The highest BCUT2D eigenvalue weighted by atomic mass is 35.5. The Hall–Kier alpha value is -1.89. The van der Waals surface area contributed by atoms with Gasteiger partial charge in [0, 0.05) is 36.6 Å². The summed E-state index contributed by atoms with van der Waals surface area (Å²) in [6, 6.07) is 7.09. The molecule has 1 aliphatic rings. The van der Waals surface area contributed by atoms with Crippen LogP contribution in [0.5, 0.6) is 11.6 Å². The van der Waals surface area contributed by atoms with E-state index in [4.69, 9.17) is 21.1 Å². The minimum atomic E-state index is -0.585. The standard InChI is InChI=1S/C17H20ClN3O3/c1-23-17-15-9-21(7-6-16(15)19-11-20-17)8-13(22)10-24-14-4-2-12(18)3-5-14/h2-5,11,13,22H,6-10H2,1H3/t13-/m0/s1. The molecule has 128 valence electrons. The maximum absolute atomic E-state index is 10.2. The molecule has 2 aromatic rings. The Balaban J connectivity index is 1.53. The van der Waals surface area contributed by atoms with E-state index in [0.29, 0.717) is 29.7 Å². The van der Waals surface area contributed by atoms with Crippen molar-refractivity contribution in [3.63, 3.8) is 0 Å². The van der Waals surface area contributed by atoms with Gasteiger partial charge in [0.15, 0.2) is 0 Å². The third kappa shape index (κ3) is 4.14. The van der Waals surface area contributed by atoms with Crippen LogP contribution in [0, 0.1) is 0 Å². The van der Waals surface area contributed by atoms with Gasteiger partial charge in [-0.3, -0.25) is 4.90 Å². The van der Waals surface area contributed by atoms with Crippen LogP contribution in [0.25, 0.3) is 0 Å². The highest BCUT2D eigenvalue weighted by molar-refractivity contribution is 6.30. The van der Waals surface area contributed by atoms with Gasteiger partial charge in [-0.1, -0.05) is 11.6 Å². The van der Waals surface area contributed by atoms with Gasteiger partial charge < -0.3 is 14.6 Å². The van der Waals surface area contributed by atoms with Gasteiger partial charge >= 0.3 is 0 Å². The summed E-state index contributed by atoms with van der Waals surface area (Å²) in [6.45, 7) is 2.25. The van der Waals surface area contributed by atoms with E-state index >= 15 is 0 Å². The van der Waals surface area contributed by atoms with Crippen molar-refractivity contribution in [2.24, 2.45) is 0 Å². The Labute approximate surface area is 146 Å². The third-order valence-corrected chi connectivity index (χ3v) is 4.21. The molecule has 0 amide bonds. The Kier molecular flexibility index (Phi) is 5.50. The molecular weight excluding hydrogens is 330 g/mol. The lowest BCUT2D eigenvalue weighted by Crippen LogP contribution is -2.39. The zero-order chi connectivity index (χ0) is 16.9. The molecule has 1 aromatic heterocycles. The van der Waals surface area contributed by atoms with Crippen LogP contribution in [0.3, 0.4) is 0 Å². The van der Waals surface area contributed by atoms with Crippen molar-refractivity contribution in [1.82, 2.24) is 14.9 Å². The van der Waals surface area contributed by atoms with Crippen molar-refractivity contribution in [3.05, 3.63) is 46.9 Å². The van der Waals surface area contributed by atoms with Crippen molar-refractivity contribution < 1.29 is 14.6 Å². The maximum Gasteiger partial charge on any atom is 0.220 e. The molecule has 3 rings (SSSR count). The van der Waals surface area contributed by atoms with E-state index in [-0.39, 0.29) is 6.61 Å². The van der Waals surface area contributed by atoms with Crippen LogP contribution in [0.1, 0.15) is 11.3 Å². The molecule has 0 saturated heterocycles. The van der Waals surface area contributed by atoms with Crippen LogP contribution in [0.15, 0.2) is 30.6 Å². The summed E-state index contributed by atoms with van der Waals surface area (Å²) in [5.41, 5.74) is 2.02. The molecule has 24 heavy (non-hydrogen) atoms. The molecule has 6 nitrogen and oxygen atoms in total. The van der Waals surface area contributed by atoms with Crippen LogP contribution in [0.2, 0.25) is 5.02 Å². The van der Waals surface area contributed by atoms with Gasteiger partial charge in [-0.2, -0.15) is 0 Å². The van der Waals surface area contributed by atoms with Gasteiger partial charge in [-0.05, 0) is 24.3 Å². The zero-order valence-corrected chi connectivity index (χ0v) is 14.2. The van der Waals surface area contributed by atoms with Gasteiger partial charge in [-0.15, -0.1) is 0 Å². The van der Waals surface area contributed by atoms with Crippen molar-refractivity contribution in [3.8, 4) is 11.6 Å². The number of aliphatic hydroxyl groups is 1. The largest absolute Gasteiger partial charge is 0.491 e. The summed E-state index contributed by atoms with van der Waals surface area (Å²) in [6.07, 6.45) is 1.76. The fourth-order valence-corrected chi connectivity index (χ4v) is 2.90. The number of hydrogen-bond donors (Lipinski definition) is 1. The topological polar surface area (TPSA) is 67.7 Å². The van der Waals surface area contributed by atoms with Crippen molar-refractivity contribution in [1.29, 1.82) is 0 Å². The second-order valence-electron chi connectivity index (χ2n) is 5.71. The molecule has 1 aromatic carbocycles. The average Bonchev–Trinajstić information content (AvgIpc) is 2.60. The summed E-state index contributed by atoms with van der Waals surface area (Å²) in [7, 11) is 1.61. The van der Waals surface area contributed by atoms with Crippen LogP contribution in [-0.2, 0) is 13.0 Å². The first-order valence-electron chi connectivity index (χ1n) is 7.81. The van der Waals surface area contributed by atoms with Gasteiger partial charge in [0.2, 0.25) is 5.88 Å². The number of rotatable bonds is 6. The number of β-amino-alcohol motifs (C(OH)–C–C–N with tert-alkyl or cyclic N) is 1. The SMILES string of the molecule is COc1ncnc2c1CN(C[C@H](O)COc1ccc(Cl)cc1)CC2. The minimum absolute atomic E-state index is 0.230. The van der Waals surface area contributed by atoms with E-state index in [1.165, 1.54) is 6.33 Å². The molecule has 0 spiro atoms. The second kappa shape index (κ2) is 7.79.